The van der Waals surface area contributed by atoms with Crippen LogP contribution in [0.5, 0.6) is 0 Å². The van der Waals surface area contributed by atoms with Gasteiger partial charge in [0.1, 0.15) is 0 Å². The average molecular weight is 289 g/mol. The smallest absolute Gasteiger partial charge is 0.363 e. The number of aliphatic hydroxyl groups is 1. The first-order valence-corrected chi connectivity index (χ1v) is 10.0. The first kappa shape index (κ1) is 16.5. The van der Waals surface area contributed by atoms with E-state index in [0.29, 0.717) is 5.32 Å². The molecule has 3 nitrogen and oxygen atoms in total. The third-order valence-corrected chi connectivity index (χ3v) is 10.0. The molecular formula is C16H25N2OSi+. The SMILES string of the molecule is CC[Si](CC)(CC)/C([N+]#N)=C(\O)C(C)c1ccccc1. The van der Waals surface area contributed by atoms with Crippen LogP contribution in [0, 0.1) is 5.39 Å². The lowest BCUT2D eigenvalue weighted by Gasteiger charge is -2.21. The van der Waals surface area contributed by atoms with Crippen molar-refractivity contribution in [3.05, 3.63) is 52.0 Å². The number of diazo groups is 1. The minimum absolute atomic E-state index is 0.140. The molecule has 0 amide bonds. The van der Waals surface area contributed by atoms with Crippen molar-refractivity contribution in [2.45, 2.75) is 51.7 Å². The van der Waals surface area contributed by atoms with Gasteiger partial charge in [-0.2, -0.15) is 0 Å². The monoisotopic (exact) mass is 289 g/mol. The second kappa shape index (κ2) is 7.25. The van der Waals surface area contributed by atoms with Crippen LogP contribution in [0.1, 0.15) is 39.2 Å². The Kier molecular flexibility index (Phi) is 5.96. The van der Waals surface area contributed by atoms with Gasteiger partial charge in [-0.3, -0.25) is 0 Å². The highest BCUT2D eigenvalue weighted by Crippen LogP contribution is 2.35. The predicted molar refractivity (Wildman–Crippen MR) is 86.8 cm³/mol. The van der Waals surface area contributed by atoms with Crippen molar-refractivity contribution < 1.29 is 5.11 Å². The van der Waals surface area contributed by atoms with Gasteiger partial charge in [0, 0.05) is 5.92 Å². The van der Waals surface area contributed by atoms with Crippen LogP contribution in [0.25, 0.3) is 4.98 Å². The van der Waals surface area contributed by atoms with Crippen molar-refractivity contribution in [1.29, 1.82) is 5.39 Å². The molecule has 20 heavy (non-hydrogen) atoms. The Labute approximate surface area is 123 Å². The first-order chi connectivity index (χ1) is 9.56. The molecule has 0 fully saturated rings. The Bertz CT molecular complexity index is 493. The normalized spacial score (nSPS) is 14.3. The molecule has 0 radical (unpaired) electrons. The second-order valence-electron chi connectivity index (χ2n) is 5.31. The van der Waals surface area contributed by atoms with Crippen molar-refractivity contribution in [2.24, 2.45) is 0 Å². The van der Waals surface area contributed by atoms with Gasteiger partial charge in [-0.15, -0.1) is 0 Å². The number of hydrogen-bond donors (Lipinski definition) is 1. The van der Waals surface area contributed by atoms with E-state index in [2.05, 4.69) is 25.7 Å². The van der Waals surface area contributed by atoms with Gasteiger partial charge in [-0.1, -0.05) is 58.0 Å². The number of benzene rings is 1. The Balaban J connectivity index is 3.29. The van der Waals surface area contributed by atoms with Gasteiger partial charge in [-0.25, -0.2) is 0 Å². The molecule has 1 aromatic rings. The Morgan fingerprint density at radius 2 is 1.65 bits per heavy atom. The zero-order valence-corrected chi connectivity index (χ0v) is 13.9. The van der Waals surface area contributed by atoms with E-state index in [1.165, 1.54) is 0 Å². The molecule has 0 aliphatic rings. The number of hydrogen-bond acceptors (Lipinski definition) is 2. The number of nitrogens with zero attached hydrogens (tertiary/aromatic N) is 2. The van der Waals surface area contributed by atoms with Gasteiger partial charge in [0.05, 0.1) is 0 Å². The van der Waals surface area contributed by atoms with Crippen LogP contribution in [-0.2, 0) is 0 Å². The molecule has 0 aliphatic carbocycles. The lowest BCUT2D eigenvalue weighted by molar-refractivity contribution is 0.372. The quantitative estimate of drug-likeness (QED) is 0.429. The lowest BCUT2D eigenvalue weighted by Crippen LogP contribution is -2.35. The molecule has 1 aromatic carbocycles. The molecule has 0 aliphatic heterocycles. The fraction of sp³-hybridized carbons (Fsp3) is 0.500. The topological polar surface area (TPSA) is 48.4 Å². The van der Waals surface area contributed by atoms with E-state index in [4.69, 9.17) is 0 Å². The molecule has 0 heterocycles. The fourth-order valence-electron chi connectivity index (χ4n) is 2.79. The maximum Gasteiger partial charge on any atom is 0.363 e. The lowest BCUT2D eigenvalue weighted by atomic mass is 10.00. The van der Waals surface area contributed by atoms with Crippen molar-refractivity contribution in [2.75, 3.05) is 0 Å². The summed E-state index contributed by atoms with van der Waals surface area (Å²) in [5, 5.41) is 20.7. The summed E-state index contributed by atoms with van der Waals surface area (Å²) in [5.74, 6) is 0.0922. The molecule has 0 saturated heterocycles. The summed E-state index contributed by atoms with van der Waals surface area (Å²) in [6.45, 7) is 8.34. The van der Waals surface area contributed by atoms with E-state index in [1.54, 1.807) is 0 Å². The highest BCUT2D eigenvalue weighted by Gasteiger charge is 2.46. The molecule has 0 spiro atoms. The fourth-order valence-corrected chi connectivity index (χ4v) is 6.26. The maximum absolute atomic E-state index is 10.6. The Morgan fingerprint density at radius 3 is 2.05 bits per heavy atom. The van der Waals surface area contributed by atoms with Crippen LogP contribution in [-0.4, -0.2) is 13.2 Å². The molecule has 0 bridgehead atoms. The van der Waals surface area contributed by atoms with Crippen LogP contribution in [0.4, 0.5) is 0 Å². The molecule has 4 heteroatoms. The van der Waals surface area contributed by atoms with Gasteiger partial charge in [0.25, 0.3) is 0 Å². The molecule has 1 unspecified atom stereocenters. The van der Waals surface area contributed by atoms with Gasteiger partial charge >= 0.3 is 5.32 Å². The zero-order chi connectivity index (χ0) is 15.2. The van der Waals surface area contributed by atoms with Crippen molar-refractivity contribution >= 4 is 8.07 Å². The third-order valence-electron chi connectivity index (χ3n) is 4.59. The van der Waals surface area contributed by atoms with E-state index in [-0.39, 0.29) is 11.7 Å². The zero-order valence-electron chi connectivity index (χ0n) is 12.9. The van der Waals surface area contributed by atoms with E-state index in [1.807, 2.05) is 37.3 Å². The Morgan fingerprint density at radius 1 is 1.15 bits per heavy atom. The van der Waals surface area contributed by atoms with Crippen LogP contribution < -0.4 is 0 Å². The van der Waals surface area contributed by atoms with Gasteiger partial charge < -0.3 is 5.11 Å². The summed E-state index contributed by atoms with van der Waals surface area (Å²) in [6.07, 6.45) is 0. The molecule has 0 aromatic heterocycles. The third kappa shape index (κ3) is 3.10. The van der Waals surface area contributed by atoms with Gasteiger partial charge in [0.2, 0.25) is 13.5 Å². The molecule has 0 saturated carbocycles. The number of rotatable bonds is 6. The first-order valence-electron chi connectivity index (χ1n) is 7.39. The van der Waals surface area contributed by atoms with Crippen molar-refractivity contribution in [3.63, 3.8) is 0 Å². The van der Waals surface area contributed by atoms with Crippen molar-refractivity contribution in [3.8, 4) is 0 Å². The van der Waals surface area contributed by atoms with E-state index in [9.17, 15) is 10.5 Å². The summed E-state index contributed by atoms with van der Waals surface area (Å²) in [5.41, 5.74) is 1.04. The van der Waals surface area contributed by atoms with Gasteiger partial charge in [0.15, 0.2) is 10.7 Å². The summed E-state index contributed by atoms with van der Waals surface area (Å²) in [6, 6.07) is 12.8. The van der Waals surface area contributed by atoms with E-state index in [0.717, 1.165) is 23.7 Å². The maximum atomic E-state index is 10.6. The minimum atomic E-state index is -1.89. The standard InChI is InChI=1S/C16H24N2OSi/c1-5-20(6-2,7-3)16(18-17)15(19)13(4)14-11-9-8-10-12-14/h8-13H,5-7H2,1-4H3/p+1/b16-15-. The largest absolute Gasteiger partial charge is 0.505 e. The molecule has 1 N–H and O–H groups in total. The number of aliphatic hydroxyl groups excluding tert-OH is 1. The van der Waals surface area contributed by atoms with E-state index < -0.39 is 8.07 Å². The van der Waals surface area contributed by atoms with Crippen LogP contribution in [0.3, 0.4) is 0 Å². The highest BCUT2D eigenvalue weighted by molar-refractivity contribution is 6.86. The van der Waals surface area contributed by atoms with Crippen molar-refractivity contribution in [1.82, 2.24) is 0 Å². The van der Waals surface area contributed by atoms with Crippen LogP contribution in [0.15, 0.2) is 41.4 Å². The summed E-state index contributed by atoms with van der Waals surface area (Å²) >= 11 is 0. The predicted octanol–water partition coefficient (Wildman–Crippen LogP) is 5.46. The van der Waals surface area contributed by atoms with Crippen LogP contribution in [0.2, 0.25) is 18.1 Å². The van der Waals surface area contributed by atoms with Gasteiger partial charge in [-0.05, 0) is 23.7 Å². The minimum Gasteiger partial charge on any atom is -0.505 e. The molecule has 1 rings (SSSR count). The molecule has 108 valence electrons. The Hall–Kier alpha value is -1.60. The summed E-state index contributed by atoms with van der Waals surface area (Å²) in [4.78, 5) is 3.51. The average Bonchev–Trinajstić information content (AvgIpc) is 2.52. The molecular weight excluding hydrogens is 264 g/mol. The highest BCUT2D eigenvalue weighted by atomic mass is 28.3. The van der Waals surface area contributed by atoms with Crippen LogP contribution >= 0.6 is 0 Å². The number of allylic oxidation sites excluding steroid dienone is 1. The molecule has 1 atom stereocenters. The summed E-state index contributed by atoms with van der Waals surface area (Å²) in [7, 11) is -1.89. The van der Waals surface area contributed by atoms with E-state index >= 15 is 0 Å². The summed E-state index contributed by atoms with van der Waals surface area (Å²) < 4.78 is 0. The second-order valence-corrected chi connectivity index (χ2v) is 10.5.